The third kappa shape index (κ3) is 51.4. The molecule has 65 heavy (non-hydrogen) atoms. The molecule has 372 valence electrons. The molecule has 1 unspecified atom stereocenters. The molecule has 0 fully saturated rings. The van der Waals surface area contributed by atoms with Gasteiger partial charge in [-0.15, -0.1) is 0 Å². The van der Waals surface area contributed by atoms with Crippen LogP contribution in [0.3, 0.4) is 0 Å². The maximum Gasteiger partial charge on any atom is 0.306 e. The van der Waals surface area contributed by atoms with Gasteiger partial charge >= 0.3 is 17.9 Å². The minimum Gasteiger partial charge on any atom is -0.462 e. The molecule has 0 saturated heterocycles. The van der Waals surface area contributed by atoms with Crippen molar-refractivity contribution in [3.05, 3.63) is 85.1 Å². The standard InChI is InChI=1S/C59H100O6/c1-4-7-10-13-16-19-22-24-26-28-29-31-32-34-37-40-43-46-49-52-58(61)64-55-56(54-63-57(60)51-48-45-42-39-36-21-18-15-12-9-6-3)65-59(62)53-50-47-44-41-38-35-33-30-27-25-23-20-17-14-11-8-5-2/h8,11,15-20,24-27,33,35,56H,4-7,9-10,12-14,21-23,28-32,34,36-55H2,1-3H3/b11-8-,18-15-,19-16-,20-17-,26-24-,27-25-,35-33-. The van der Waals surface area contributed by atoms with E-state index in [2.05, 4.69) is 106 Å². The van der Waals surface area contributed by atoms with Gasteiger partial charge in [-0.25, -0.2) is 0 Å². The van der Waals surface area contributed by atoms with Crippen molar-refractivity contribution in [2.24, 2.45) is 0 Å². The fraction of sp³-hybridized carbons (Fsp3) is 0.712. The van der Waals surface area contributed by atoms with Crippen LogP contribution in [0.15, 0.2) is 85.1 Å². The van der Waals surface area contributed by atoms with Crippen molar-refractivity contribution in [2.45, 2.75) is 258 Å². The smallest absolute Gasteiger partial charge is 0.306 e. The number of carbonyl (C=O) groups excluding carboxylic acids is 3. The highest BCUT2D eigenvalue weighted by molar-refractivity contribution is 5.71. The van der Waals surface area contributed by atoms with E-state index < -0.39 is 6.10 Å². The highest BCUT2D eigenvalue weighted by Gasteiger charge is 2.19. The van der Waals surface area contributed by atoms with E-state index in [4.69, 9.17) is 14.2 Å². The number of carbonyl (C=O) groups is 3. The first kappa shape index (κ1) is 61.6. The second-order valence-corrected chi connectivity index (χ2v) is 17.7. The summed E-state index contributed by atoms with van der Waals surface area (Å²) in [5, 5.41) is 0. The second-order valence-electron chi connectivity index (χ2n) is 17.7. The lowest BCUT2D eigenvalue weighted by Gasteiger charge is -2.18. The van der Waals surface area contributed by atoms with Crippen molar-refractivity contribution in [1.29, 1.82) is 0 Å². The maximum absolute atomic E-state index is 12.8. The van der Waals surface area contributed by atoms with E-state index in [-0.39, 0.29) is 31.1 Å². The van der Waals surface area contributed by atoms with Crippen LogP contribution in [0, 0.1) is 0 Å². The van der Waals surface area contributed by atoms with Crippen molar-refractivity contribution >= 4 is 17.9 Å². The van der Waals surface area contributed by atoms with E-state index in [1.165, 1.54) is 103 Å². The predicted molar refractivity (Wildman–Crippen MR) is 279 cm³/mol. The fourth-order valence-corrected chi connectivity index (χ4v) is 7.27. The van der Waals surface area contributed by atoms with Crippen molar-refractivity contribution in [1.82, 2.24) is 0 Å². The molecule has 6 heteroatoms. The highest BCUT2D eigenvalue weighted by atomic mass is 16.6. The summed E-state index contributed by atoms with van der Waals surface area (Å²) in [6.45, 7) is 6.43. The van der Waals surface area contributed by atoms with Gasteiger partial charge < -0.3 is 14.2 Å². The number of hydrogen-bond acceptors (Lipinski definition) is 6. The van der Waals surface area contributed by atoms with Crippen LogP contribution in [0.1, 0.15) is 252 Å². The Morgan fingerprint density at radius 1 is 0.323 bits per heavy atom. The highest BCUT2D eigenvalue weighted by Crippen LogP contribution is 2.14. The molecule has 0 aromatic heterocycles. The molecule has 6 nitrogen and oxygen atoms in total. The number of esters is 3. The topological polar surface area (TPSA) is 78.9 Å². The molecular formula is C59H100O6. The van der Waals surface area contributed by atoms with Crippen molar-refractivity contribution in [2.75, 3.05) is 13.2 Å². The van der Waals surface area contributed by atoms with E-state index in [9.17, 15) is 14.4 Å². The molecule has 0 amide bonds. The number of allylic oxidation sites excluding steroid dienone is 14. The van der Waals surface area contributed by atoms with Gasteiger partial charge in [-0.2, -0.15) is 0 Å². The molecule has 0 bridgehead atoms. The van der Waals surface area contributed by atoms with E-state index >= 15 is 0 Å². The number of unbranched alkanes of at least 4 members (excludes halogenated alkanes) is 23. The van der Waals surface area contributed by atoms with Crippen LogP contribution < -0.4 is 0 Å². The monoisotopic (exact) mass is 905 g/mol. The van der Waals surface area contributed by atoms with Gasteiger partial charge in [-0.1, -0.05) is 209 Å². The summed E-state index contributed by atoms with van der Waals surface area (Å²) >= 11 is 0. The zero-order valence-electron chi connectivity index (χ0n) is 42.5. The Balaban J connectivity index is 4.40. The molecule has 0 aromatic rings. The molecule has 0 heterocycles. The van der Waals surface area contributed by atoms with Gasteiger partial charge in [-0.3, -0.25) is 14.4 Å². The second kappa shape index (κ2) is 53.2. The average molecular weight is 905 g/mol. The Hall–Kier alpha value is -3.41. The molecule has 0 aromatic carbocycles. The minimum atomic E-state index is -0.794. The quantitative estimate of drug-likeness (QED) is 0.0262. The van der Waals surface area contributed by atoms with Crippen LogP contribution >= 0.6 is 0 Å². The Labute approximate surface area is 401 Å². The largest absolute Gasteiger partial charge is 0.462 e. The predicted octanol–water partition coefficient (Wildman–Crippen LogP) is 18.0. The molecule has 0 saturated carbocycles. The lowest BCUT2D eigenvalue weighted by Crippen LogP contribution is -2.30. The van der Waals surface area contributed by atoms with Gasteiger partial charge in [0, 0.05) is 19.3 Å². The molecular weight excluding hydrogens is 805 g/mol. The molecule has 0 radical (unpaired) electrons. The van der Waals surface area contributed by atoms with E-state index in [1.54, 1.807) is 0 Å². The first-order chi connectivity index (χ1) is 32.0. The molecule has 0 aliphatic carbocycles. The van der Waals surface area contributed by atoms with Crippen molar-refractivity contribution in [3.8, 4) is 0 Å². The van der Waals surface area contributed by atoms with Crippen LogP contribution in [0.2, 0.25) is 0 Å². The summed E-state index contributed by atoms with van der Waals surface area (Å²) in [5.41, 5.74) is 0. The SMILES string of the molecule is CC/C=C\C/C=C\C/C=C\C/C=C\CCCCCCC(=O)OC(COC(=O)CCCCCCC/C=C\CCCC)COC(=O)CCCCCCCCCCC/C=C\C/C=C\CCCCC. The summed E-state index contributed by atoms with van der Waals surface area (Å²) in [4.78, 5) is 38.0. The maximum atomic E-state index is 12.8. The van der Waals surface area contributed by atoms with Crippen LogP contribution in [0.4, 0.5) is 0 Å². The third-order valence-corrected chi connectivity index (χ3v) is 11.4. The molecule has 0 N–H and O–H groups in total. The van der Waals surface area contributed by atoms with Crippen LogP contribution in [0.25, 0.3) is 0 Å². The van der Waals surface area contributed by atoms with Crippen LogP contribution in [-0.2, 0) is 28.6 Å². The molecule has 0 aliphatic rings. The summed E-state index contributed by atoms with van der Waals surface area (Å²) < 4.78 is 16.8. The first-order valence-electron chi connectivity index (χ1n) is 27.1. The molecule has 0 rings (SSSR count). The zero-order valence-corrected chi connectivity index (χ0v) is 42.5. The summed E-state index contributed by atoms with van der Waals surface area (Å²) in [7, 11) is 0. The summed E-state index contributed by atoms with van der Waals surface area (Å²) in [6, 6.07) is 0. The van der Waals surface area contributed by atoms with Gasteiger partial charge in [0.05, 0.1) is 0 Å². The minimum absolute atomic E-state index is 0.0917. The summed E-state index contributed by atoms with van der Waals surface area (Å²) in [6.07, 6.45) is 68.5. The lowest BCUT2D eigenvalue weighted by atomic mass is 10.1. The van der Waals surface area contributed by atoms with Gasteiger partial charge in [0.1, 0.15) is 13.2 Å². The Bertz CT molecular complexity index is 1270. The third-order valence-electron chi connectivity index (χ3n) is 11.4. The van der Waals surface area contributed by atoms with Gasteiger partial charge in [0.15, 0.2) is 6.10 Å². The molecule has 0 spiro atoms. The fourth-order valence-electron chi connectivity index (χ4n) is 7.27. The van der Waals surface area contributed by atoms with Crippen molar-refractivity contribution < 1.29 is 28.6 Å². The van der Waals surface area contributed by atoms with E-state index in [1.807, 2.05) is 0 Å². The van der Waals surface area contributed by atoms with E-state index in [0.717, 1.165) is 109 Å². The van der Waals surface area contributed by atoms with Gasteiger partial charge in [-0.05, 0) is 109 Å². The summed E-state index contributed by atoms with van der Waals surface area (Å²) in [5.74, 6) is -0.928. The Kier molecular flexibility index (Phi) is 50.4. The lowest BCUT2D eigenvalue weighted by molar-refractivity contribution is -0.167. The Morgan fingerprint density at radius 3 is 1.00 bits per heavy atom. The molecule has 0 aliphatic heterocycles. The van der Waals surface area contributed by atoms with Crippen LogP contribution in [-0.4, -0.2) is 37.2 Å². The van der Waals surface area contributed by atoms with E-state index in [0.29, 0.717) is 19.3 Å². The number of hydrogen-bond donors (Lipinski definition) is 0. The Morgan fingerprint density at radius 2 is 0.615 bits per heavy atom. The zero-order chi connectivity index (χ0) is 47.2. The van der Waals surface area contributed by atoms with Gasteiger partial charge in [0.2, 0.25) is 0 Å². The molecule has 1 atom stereocenters. The van der Waals surface area contributed by atoms with Crippen LogP contribution in [0.5, 0.6) is 0 Å². The average Bonchev–Trinajstić information content (AvgIpc) is 3.30. The first-order valence-corrected chi connectivity index (χ1v) is 27.1. The van der Waals surface area contributed by atoms with Gasteiger partial charge in [0.25, 0.3) is 0 Å². The normalized spacial score (nSPS) is 12.7. The van der Waals surface area contributed by atoms with Crippen molar-refractivity contribution in [3.63, 3.8) is 0 Å². The number of ether oxygens (including phenoxy) is 3. The number of rotatable bonds is 48.